The van der Waals surface area contributed by atoms with E-state index in [1.807, 2.05) is 18.2 Å². The molecule has 0 aromatic heterocycles. The molecule has 3 rings (SSSR count). The average molecular weight is 479 g/mol. The minimum absolute atomic E-state index is 0.113. The third-order valence-electron chi connectivity index (χ3n) is 4.71. The van der Waals surface area contributed by atoms with Crippen LogP contribution in [0, 0.1) is 11.6 Å². The second-order valence-corrected chi connectivity index (χ2v) is 9.26. The number of hydrogen-bond acceptors (Lipinski definition) is 3. The fourth-order valence-corrected chi connectivity index (χ4v) is 4.70. The summed E-state index contributed by atoms with van der Waals surface area (Å²) in [7, 11) is -4.19. The van der Waals surface area contributed by atoms with E-state index in [4.69, 9.17) is 11.6 Å². The first kappa shape index (κ1) is 23.7. The Bertz CT molecular complexity index is 1170. The Labute approximate surface area is 190 Å². The van der Waals surface area contributed by atoms with E-state index in [1.165, 1.54) is 12.1 Å². The summed E-state index contributed by atoms with van der Waals surface area (Å²) in [5.41, 5.74) is 1.07. The molecule has 3 aromatic rings. The van der Waals surface area contributed by atoms with Crippen LogP contribution >= 0.6 is 11.6 Å². The summed E-state index contributed by atoms with van der Waals surface area (Å²) in [6.45, 7) is -0.199. The van der Waals surface area contributed by atoms with Crippen molar-refractivity contribution < 1.29 is 22.0 Å². The lowest BCUT2D eigenvalue weighted by Crippen LogP contribution is -2.41. The number of amides is 1. The largest absolute Gasteiger partial charge is 0.355 e. The Hall–Kier alpha value is -2.97. The van der Waals surface area contributed by atoms with E-state index in [0.29, 0.717) is 24.4 Å². The van der Waals surface area contributed by atoms with E-state index in [-0.39, 0.29) is 10.6 Å². The van der Waals surface area contributed by atoms with E-state index in [9.17, 15) is 22.0 Å². The summed E-state index contributed by atoms with van der Waals surface area (Å²) in [5, 5.41) is 3.34. The number of halogens is 3. The lowest BCUT2D eigenvalue weighted by molar-refractivity contribution is -0.119. The van der Waals surface area contributed by atoms with Gasteiger partial charge in [-0.3, -0.25) is 9.10 Å². The number of anilines is 1. The number of nitrogens with one attached hydrogen (secondary N) is 1. The third kappa shape index (κ3) is 6.05. The summed E-state index contributed by atoms with van der Waals surface area (Å²) in [4.78, 5) is 12.3. The van der Waals surface area contributed by atoms with Gasteiger partial charge in [0.2, 0.25) is 5.91 Å². The summed E-state index contributed by atoms with van der Waals surface area (Å²) < 4.78 is 53.7. The van der Waals surface area contributed by atoms with Crippen molar-refractivity contribution in [1.82, 2.24) is 5.32 Å². The number of sulfonamides is 1. The fraction of sp³-hybridized carbons (Fsp3) is 0.174. The van der Waals surface area contributed by atoms with Crippen LogP contribution in [0.3, 0.4) is 0 Å². The van der Waals surface area contributed by atoms with Crippen molar-refractivity contribution in [2.75, 3.05) is 17.4 Å². The van der Waals surface area contributed by atoms with Gasteiger partial charge in [0.05, 0.1) is 10.6 Å². The van der Waals surface area contributed by atoms with Crippen LogP contribution in [0.2, 0.25) is 5.02 Å². The first-order valence-corrected chi connectivity index (χ1v) is 11.6. The van der Waals surface area contributed by atoms with Gasteiger partial charge < -0.3 is 5.32 Å². The monoisotopic (exact) mass is 478 g/mol. The second kappa shape index (κ2) is 10.6. The van der Waals surface area contributed by atoms with Gasteiger partial charge in [-0.1, -0.05) is 29.8 Å². The highest BCUT2D eigenvalue weighted by Crippen LogP contribution is 2.24. The van der Waals surface area contributed by atoms with E-state index < -0.39 is 34.1 Å². The lowest BCUT2D eigenvalue weighted by Gasteiger charge is -2.24. The van der Waals surface area contributed by atoms with E-state index in [0.717, 1.165) is 46.3 Å². The molecule has 1 amide bonds. The van der Waals surface area contributed by atoms with Gasteiger partial charge >= 0.3 is 0 Å². The van der Waals surface area contributed by atoms with Gasteiger partial charge in [-0.05, 0) is 73.0 Å². The van der Waals surface area contributed by atoms with Crippen LogP contribution in [0.15, 0.2) is 77.7 Å². The standard InChI is InChI=1S/C23H21ClF2N2O3S/c24-22-6-2-1-4-17(22)5-3-15-27-23(29)16-28(20-11-7-18(25)8-12-20)32(30,31)21-13-9-19(26)10-14-21/h1-2,4,6-14H,3,5,15-16H2,(H,27,29). The molecule has 0 aliphatic rings. The molecule has 0 radical (unpaired) electrons. The maximum Gasteiger partial charge on any atom is 0.264 e. The number of aryl methyl sites for hydroxylation is 1. The molecule has 0 heterocycles. The fourth-order valence-electron chi connectivity index (χ4n) is 3.05. The predicted molar refractivity (Wildman–Crippen MR) is 120 cm³/mol. The summed E-state index contributed by atoms with van der Waals surface area (Å²) >= 11 is 6.12. The van der Waals surface area contributed by atoms with Crippen molar-refractivity contribution in [2.45, 2.75) is 17.7 Å². The Kier molecular flexibility index (Phi) is 7.82. The number of carbonyl (C=O) groups is 1. The molecule has 1 N–H and O–H groups in total. The summed E-state index contributed by atoms with van der Waals surface area (Å²) in [6.07, 6.45) is 1.26. The molecular formula is C23H21ClF2N2O3S. The molecule has 0 bridgehead atoms. The number of rotatable bonds is 9. The number of nitrogens with zero attached hydrogens (tertiary/aromatic N) is 1. The molecule has 32 heavy (non-hydrogen) atoms. The quantitative estimate of drug-likeness (QED) is 0.458. The van der Waals surface area contributed by atoms with Gasteiger partial charge in [0.15, 0.2) is 0 Å². The van der Waals surface area contributed by atoms with Gasteiger partial charge in [-0.2, -0.15) is 0 Å². The van der Waals surface area contributed by atoms with Gasteiger partial charge in [0.25, 0.3) is 10.0 Å². The van der Waals surface area contributed by atoms with Crippen LogP contribution in [-0.4, -0.2) is 27.4 Å². The Morgan fingerprint density at radius 3 is 2.12 bits per heavy atom. The molecule has 0 fully saturated rings. The van der Waals surface area contributed by atoms with Crippen LogP contribution in [-0.2, 0) is 21.2 Å². The molecule has 0 saturated carbocycles. The Balaban J connectivity index is 1.71. The first-order valence-electron chi connectivity index (χ1n) is 9.81. The maximum absolute atomic E-state index is 13.4. The molecule has 0 saturated heterocycles. The lowest BCUT2D eigenvalue weighted by atomic mass is 10.1. The topological polar surface area (TPSA) is 66.5 Å². The van der Waals surface area contributed by atoms with Crippen LogP contribution in [0.1, 0.15) is 12.0 Å². The van der Waals surface area contributed by atoms with Crippen molar-refractivity contribution >= 4 is 33.2 Å². The highest BCUT2D eigenvalue weighted by molar-refractivity contribution is 7.92. The highest BCUT2D eigenvalue weighted by atomic mass is 35.5. The smallest absolute Gasteiger partial charge is 0.264 e. The molecule has 0 atom stereocenters. The maximum atomic E-state index is 13.4. The van der Waals surface area contributed by atoms with Crippen molar-refractivity contribution in [3.63, 3.8) is 0 Å². The average Bonchev–Trinajstić information content (AvgIpc) is 2.77. The predicted octanol–water partition coefficient (Wildman–Crippen LogP) is 4.56. The molecule has 168 valence electrons. The zero-order valence-electron chi connectivity index (χ0n) is 17.0. The van der Waals surface area contributed by atoms with E-state index in [2.05, 4.69) is 5.32 Å². The first-order chi connectivity index (χ1) is 15.3. The molecule has 0 aliphatic carbocycles. The zero-order chi connectivity index (χ0) is 23.1. The van der Waals surface area contributed by atoms with Gasteiger partial charge in [-0.15, -0.1) is 0 Å². The SMILES string of the molecule is O=C(CN(c1ccc(F)cc1)S(=O)(=O)c1ccc(F)cc1)NCCCc1ccccc1Cl. The van der Waals surface area contributed by atoms with Gasteiger partial charge in [0.1, 0.15) is 18.2 Å². The van der Waals surface area contributed by atoms with Crippen LogP contribution in [0.25, 0.3) is 0 Å². The van der Waals surface area contributed by atoms with Crippen molar-refractivity contribution in [3.8, 4) is 0 Å². The number of benzene rings is 3. The highest BCUT2D eigenvalue weighted by Gasteiger charge is 2.27. The zero-order valence-corrected chi connectivity index (χ0v) is 18.5. The van der Waals surface area contributed by atoms with Crippen LogP contribution in [0.5, 0.6) is 0 Å². The normalized spacial score (nSPS) is 11.2. The van der Waals surface area contributed by atoms with Crippen molar-refractivity contribution in [3.05, 3.63) is 95.0 Å². The second-order valence-electron chi connectivity index (χ2n) is 6.99. The van der Waals surface area contributed by atoms with Gasteiger partial charge in [-0.25, -0.2) is 17.2 Å². The third-order valence-corrected chi connectivity index (χ3v) is 6.86. The Morgan fingerprint density at radius 1 is 0.906 bits per heavy atom. The molecule has 0 aliphatic heterocycles. The molecular weight excluding hydrogens is 458 g/mol. The summed E-state index contributed by atoms with van der Waals surface area (Å²) in [5.74, 6) is -1.66. The summed E-state index contributed by atoms with van der Waals surface area (Å²) in [6, 6.07) is 16.4. The van der Waals surface area contributed by atoms with E-state index >= 15 is 0 Å². The molecule has 0 spiro atoms. The molecule has 0 unspecified atom stereocenters. The van der Waals surface area contributed by atoms with Crippen molar-refractivity contribution in [2.24, 2.45) is 0 Å². The van der Waals surface area contributed by atoms with Gasteiger partial charge in [0, 0.05) is 11.6 Å². The minimum Gasteiger partial charge on any atom is -0.355 e. The number of carbonyl (C=O) groups excluding carboxylic acids is 1. The van der Waals surface area contributed by atoms with Crippen LogP contribution in [0.4, 0.5) is 14.5 Å². The molecule has 5 nitrogen and oxygen atoms in total. The van der Waals surface area contributed by atoms with Crippen LogP contribution < -0.4 is 9.62 Å². The number of hydrogen-bond donors (Lipinski definition) is 1. The molecule has 3 aromatic carbocycles. The van der Waals surface area contributed by atoms with Crippen molar-refractivity contribution in [1.29, 1.82) is 0 Å². The Morgan fingerprint density at radius 2 is 1.50 bits per heavy atom. The molecule has 9 heteroatoms. The minimum atomic E-state index is -4.19. The van der Waals surface area contributed by atoms with E-state index in [1.54, 1.807) is 6.07 Å².